The second-order valence-corrected chi connectivity index (χ2v) is 5.23. The predicted molar refractivity (Wildman–Crippen MR) is 92.2 cm³/mol. The first-order valence-electron chi connectivity index (χ1n) is 7.45. The van der Waals surface area contributed by atoms with Crippen LogP contribution < -0.4 is 16.1 Å². The number of rotatable bonds is 3. The third-order valence-electron chi connectivity index (χ3n) is 3.58. The Balaban J connectivity index is 1.80. The molecule has 2 heterocycles. The molecule has 7 nitrogen and oxygen atoms in total. The molecule has 2 N–H and O–H groups in total. The fraction of sp³-hybridized carbons (Fsp3) is 0. The van der Waals surface area contributed by atoms with E-state index in [1.807, 2.05) is 36.4 Å². The van der Waals surface area contributed by atoms with Crippen molar-refractivity contribution < 1.29 is 9.15 Å². The molecule has 0 radical (unpaired) electrons. The van der Waals surface area contributed by atoms with Crippen LogP contribution in [0.4, 0.5) is 5.95 Å². The van der Waals surface area contributed by atoms with Crippen molar-refractivity contribution >= 4 is 16.9 Å². The quantitative estimate of drug-likeness (QED) is 0.575. The molecule has 122 valence electrons. The van der Waals surface area contributed by atoms with Crippen LogP contribution in [0.1, 0.15) is 0 Å². The van der Waals surface area contributed by atoms with E-state index in [0.717, 1.165) is 16.5 Å². The number of nitrogens with two attached hydrogens (primary N) is 1. The summed E-state index contributed by atoms with van der Waals surface area (Å²) in [5.41, 5.74) is 7.20. The van der Waals surface area contributed by atoms with Crippen molar-refractivity contribution in [2.45, 2.75) is 0 Å². The van der Waals surface area contributed by atoms with Crippen molar-refractivity contribution in [1.29, 1.82) is 0 Å². The van der Waals surface area contributed by atoms with Gasteiger partial charge in [0.2, 0.25) is 5.95 Å². The Morgan fingerprint density at radius 2 is 1.84 bits per heavy atom. The highest BCUT2D eigenvalue weighted by Crippen LogP contribution is 2.30. The number of ether oxygens (including phenoxy) is 1. The molecule has 0 saturated heterocycles. The third-order valence-corrected chi connectivity index (χ3v) is 3.58. The van der Waals surface area contributed by atoms with E-state index in [9.17, 15) is 4.79 Å². The number of hydrogen-bond acceptors (Lipinski definition) is 7. The first-order valence-corrected chi connectivity index (χ1v) is 7.45. The Hall–Kier alpha value is -3.74. The van der Waals surface area contributed by atoms with Crippen LogP contribution >= 0.6 is 0 Å². The number of hydrogen-bond donors (Lipinski definition) is 1. The van der Waals surface area contributed by atoms with E-state index in [0.29, 0.717) is 11.3 Å². The molecule has 4 aromatic rings. The highest BCUT2D eigenvalue weighted by atomic mass is 16.5. The summed E-state index contributed by atoms with van der Waals surface area (Å²) in [6.45, 7) is 0. The molecule has 0 amide bonds. The van der Waals surface area contributed by atoms with Gasteiger partial charge in [0.15, 0.2) is 0 Å². The summed E-state index contributed by atoms with van der Waals surface area (Å²) in [5.74, 6) is 0.482. The van der Waals surface area contributed by atoms with Gasteiger partial charge in [-0.3, -0.25) is 0 Å². The molecule has 25 heavy (non-hydrogen) atoms. The molecule has 0 aliphatic carbocycles. The van der Waals surface area contributed by atoms with E-state index in [1.165, 1.54) is 12.4 Å². The Bertz CT molecular complexity index is 1110. The van der Waals surface area contributed by atoms with Crippen LogP contribution in [0.25, 0.3) is 22.1 Å². The van der Waals surface area contributed by atoms with Gasteiger partial charge in [0.25, 0.3) is 0 Å². The molecule has 0 fully saturated rings. The molecule has 4 rings (SSSR count). The molecule has 2 aromatic carbocycles. The number of aromatic nitrogens is 3. The normalized spacial score (nSPS) is 10.7. The summed E-state index contributed by atoms with van der Waals surface area (Å²) < 4.78 is 10.9. The molecule has 0 aliphatic heterocycles. The van der Waals surface area contributed by atoms with Crippen LogP contribution in [0.5, 0.6) is 11.8 Å². The molecule has 7 heteroatoms. The van der Waals surface area contributed by atoms with E-state index in [1.54, 1.807) is 12.1 Å². The highest BCUT2D eigenvalue weighted by Gasteiger charge is 2.10. The van der Waals surface area contributed by atoms with Gasteiger partial charge in [-0.15, -0.1) is 0 Å². The summed E-state index contributed by atoms with van der Waals surface area (Å²) in [6, 6.07) is 16.3. The van der Waals surface area contributed by atoms with E-state index in [4.69, 9.17) is 14.9 Å². The van der Waals surface area contributed by atoms with E-state index < -0.39 is 5.63 Å². The van der Waals surface area contributed by atoms with Crippen LogP contribution in [0.15, 0.2) is 70.1 Å². The third kappa shape index (κ3) is 3.02. The van der Waals surface area contributed by atoms with E-state index in [2.05, 4.69) is 15.0 Å². The van der Waals surface area contributed by atoms with Gasteiger partial charge in [0.05, 0.1) is 0 Å². The van der Waals surface area contributed by atoms with Crippen molar-refractivity contribution in [3.8, 4) is 22.9 Å². The molecule has 0 unspecified atom stereocenters. The molecule has 0 bridgehead atoms. The molecular formula is C18H12N4O3. The van der Waals surface area contributed by atoms with Gasteiger partial charge < -0.3 is 14.9 Å². The van der Waals surface area contributed by atoms with Gasteiger partial charge >= 0.3 is 11.6 Å². The zero-order chi connectivity index (χ0) is 17.2. The first kappa shape index (κ1) is 14.8. The van der Waals surface area contributed by atoms with Crippen molar-refractivity contribution in [3.05, 3.63) is 71.3 Å². The average Bonchev–Trinajstić information content (AvgIpc) is 2.61. The topological polar surface area (TPSA) is 104 Å². The van der Waals surface area contributed by atoms with Crippen LogP contribution in [0.2, 0.25) is 0 Å². The zero-order valence-electron chi connectivity index (χ0n) is 12.9. The van der Waals surface area contributed by atoms with Gasteiger partial charge in [-0.25, -0.2) is 9.78 Å². The molecule has 0 spiro atoms. The monoisotopic (exact) mass is 332 g/mol. The van der Waals surface area contributed by atoms with Gasteiger partial charge in [-0.1, -0.05) is 30.3 Å². The number of fused-ring (bicyclic) bond motifs is 1. The van der Waals surface area contributed by atoms with Crippen molar-refractivity contribution in [3.63, 3.8) is 0 Å². The molecule has 2 aromatic heterocycles. The maximum absolute atomic E-state index is 11.9. The summed E-state index contributed by atoms with van der Waals surface area (Å²) in [5, 5.41) is 0.799. The lowest BCUT2D eigenvalue weighted by Crippen LogP contribution is -2.00. The predicted octanol–water partition coefficient (Wildman–Crippen LogP) is 3.02. The van der Waals surface area contributed by atoms with Crippen LogP contribution in [-0.4, -0.2) is 15.0 Å². The fourth-order valence-electron chi connectivity index (χ4n) is 2.51. The SMILES string of the molecule is Nc1ncnc(Oc2ccc3c(-c4ccccc4)cc(=O)oc3c2)n1. The van der Waals surface area contributed by atoms with Crippen LogP contribution in [0.3, 0.4) is 0 Å². The van der Waals surface area contributed by atoms with Gasteiger partial charge in [0, 0.05) is 17.5 Å². The van der Waals surface area contributed by atoms with Gasteiger partial charge in [-0.2, -0.15) is 9.97 Å². The van der Waals surface area contributed by atoms with Gasteiger partial charge in [0.1, 0.15) is 17.7 Å². The summed E-state index contributed by atoms with van der Waals surface area (Å²) in [4.78, 5) is 23.4. The maximum atomic E-state index is 11.9. The highest BCUT2D eigenvalue weighted by molar-refractivity contribution is 5.93. The Kier molecular flexibility index (Phi) is 3.59. The molecular weight excluding hydrogens is 320 g/mol. The van der Waals surface area contributed by atoms with Crippen LogP contribution in [-0.2, 0) is 0 Å². The Morgan fingerprint density at radius 1 is 1.00 bits per heavy atom. The van der Waals surface area contributed by atoms with Gasteiger partial charge in [-0.05, 0) is 23.3 Å². The minimum absolute atomic E-state index is 0.0590. The lowest BCUT2D eigenvalue weighted by atomic mass is 10.0. The summed E-state index contributed by atoms with van der Waals surface area (Å²) in [7, 11) is 0. The molecule has 0 saturated carbocycles. The fourth-order valence-corrected chi connectivity index (χ4v) is 2.51. The Morgan fingerprint density at radius 3 is 2.64 bits per heavy atom. The summed E-state index contributed by atoms with van der Waals surface area (Å²) >= 11 is 0. The summed E-state index contributed by atoms with van der Waals surface area (Å²) in [6.07, 6.45) is 1.26. The standard InChI is InChI=1S/C18H12N4O3/c19-17-20-10-21-18(22-17)24-12-6-7-13-14(11-4-2-1-3-5-11)9-16(23)25-15(13)8-12/h1-10H,(H2,19,20,21,22). The lowest BCUT2D eigenvalue weighted by molar-refractivity contribution is 0.439. The van der Waals surface area contributed by atoms with E-state index >= 15 is 0 Å². The second-order valence-electron chi connectivity index (χ2n) is 5.23. The first-order chi connectivity index (χ1) is 12.2. The smallest absolute Gasteiger partial charge is 0.336 e. The van der Waals surface area contributed by atoms with Crippen molar-refractivity contribution in [1.82, 2.24) is 15.0 Å². The minimum Gasteiger partial charge on any atom is -0.424 e. The van der Waals surface area contributed by atoms with Crippen molar-refractivity contribution in [2.75, 3.05) is 5.73 Å². The molecule has 0 atom stereocenters. The minimum atomic E-state index is -0.437. The lowest BCUT2D eigenvalue weighted by Gasteiger charge is -2.08. The van der Waals surface area contributed by atoms with E-state index in [-0.39, 0.29) is 12.0 Å². The number of nitrogen functional groups attached to an aromatic ring is 1. The van der Waals surface area contributed by atoms with Crippen LogP contribution in [0, 0.1) is 0 Å². The largest absolute Gasteiger partial charge is 0.424 e. The number of nitrogens with zero attached hydrogens (tertiary/aromatic N) is 3. The maximum Gasteiger partial charge on any atom is 0.336 e. The number of anilines is 1. The van der Waals surface area contributed by atoms with Crippen molar-refractivity contribution in [2.24, 2.45) is 0 Å². The zero-order valence-corrected chi connectivity index (χ0v) is 12.9. The second kappa shape index (κ2) is 6.04. The molecule has 0 aliphatic rings. The Labute approximate surface area is 141 Å². The average molecular weight is 332 g/mol. The number of benzene rings is 2.